The zero-order valence-corrected chi connectivity index (χ0v) is 20.0. The highest BCUT2D eigenvalue weighted by atomic mass is 79.9. The van der Waals surface area contributed by atoms with E-state index in [2.05, 4.69) is 34.9 Å². The van der Waals surface area contributed by atoms with E-state index in [-0.39, 0.29) is 11.7 Å². The Hall–Kier alpha value is -2.67. The number of nitrogens with zero attached hydrogens (tertiary/aromatic N) is 3. The van der Waals surface area contributed by atoms with Crippen LogP contribution in [0, 0.1) is 0 Å². The first-order valence-corrected chi connectivity index (χ1v) is 11.4. The van der Waals surface area contributed by atoms with Crippen LogP contribution in [0.1, 0.15) is 51.4 Å². The van der Waals surface area contributed by atoms with Crippen LogP contribution in [-0.2, 0) is 6.42 Å². The third-order valence-electron chi connectivity index (χ3n) is 5.04. The number of hydrogen-bond donors (Lipinski definition) is 0. The summed E-state index contributed by atoms with van der Waals surface area (Å²) in [6.07, 6.45) is 5.27. The number of benzene rings is 2. The van der Waals surface area contributed by atoms with Gasteiger partial charge in [0.15, 0.2) is 11.5 Å². The van der Waals surface area contributed by atoms with Gasteiger partial charge in [-0.15, -0.1) is 0 Å². The van der Waals surface area contributed by atoms with E-state index in [0.717, 1.165) is 29.3 Å². The maximum absolute atomic E-state index is 13.2. The van der Waals surface area contributed by atoms with Gasteiger partial charge < -0.3 is 9.47 Å². The van der Waals surface area contributed by atoms with Crippen molar-refractivity contribution >= 4 is 33.0 Å². The van der Waals surface area contributed by atoms with Crippen molar-refractivity contribution < 1.29 is 9.47 Å². The Kier molecular flexibility index (Phi) is 7.85. The molecule has 0 saturated heterocycles. The molecule has 1 heterocycles. The number of aryl methyl sites for hydroxylation is 1. The lowest BCUT2D eigenvalue weighted by molar-refractivity contribution is 0.207. The van der Waals surface area contributed by atoms with Crippen molar-refractivity contribution in [3.63, 3.8) is 0 Å². The van der Waals surface area contributed by atoms with Gasteiger partial charge in [-0.3, -0.25) is 4.79 Å². The molecule has 6 nitrogen and oxygen atoms in total. The minimum atomic E-state index is -0.183. The van der Waals surface area contributed by atoms with E-state index in [4.69, 9.17) is 14.5 Å². The highest BCUT2D eigenvalue weighted by Gasteiger charge is 2.12. The number of ether oxygens (including phenoxy) is 2. The predicted octanol–water partition coefficient (Wildman–Crippen LogP) is 5.57. The van der Waals surface area contributed by atoms with Crippen molar-refractivity contribution in [1.29, 1.82) is 0 Å². The van der Waals surface area contributed by atoms with E-state index in [9.17, 15) is 4.79 Å². The van der Waals surface area contributed by atoms with Crippen molar-refractivity contribution in [2.24, 2.45) is 5.10 Å². The van der Waals surface area contributed by atoms with Gasteiger partial charge in [-0.05, 0) is 61.7 Å². The first-order chi connectivity index (χ1) is 15.0. The lowest BCUT2D eigenvalue weighted by Gasteiger charge is -2.15. The third kappa shape index (κ3) is 5.53. The molecule has 0 radical (unpaired) electrons. The number of rotatable bonds is 9. The van der Waals surface area contributed by atoms with E-state index in [1.807, 2.05) is 37.3 Å². The highest BCUT2D eigenvalue weighted by molar-refractivity contribution is 9.10. The zero-order chi connectivity index (χ0) is 22.4. The lowest BCUT2D eigenvalue weighted by atomic mass is 10.2. The van der Waals surface area contributed by atoms with Gasteiger partial charge in [0.25, 0.3) is 5.56 Å². The smallest absolute Gasteiger partial charge is 0.282 e. The van der Waals surface area contributed by atoms with Crippen molar-refractivity contribution in [2.75, 3.05) is 7.11 Å². The average molecular weight is 486 g/mol. The van der Waals surface area contributed by atoms with Crippen LogP contribution in [0.25, 0.3) is 10.9 Å². The van der Waals surface area contributed by atoms with Gasteiger partial charge in [0, 0.05) is 10.9 Å². The largest absolute Gasteiger partial charge is 0.493 e. The lowest BCUT2D eigenvalue weighted by Crippen LogP contribution is -2.22. The molecule has 0 amide bonds. The number of unbranched alkanes of at least 4 members (excludes halogenated alkanes) is 1. The van der Waals surface area contributed by atoms with Crippen molar-refractivity contribution in [3.05, 3.63) is 62.6 Å². The van der Waals surface area contributed by atoms with Gasteiger partial charge in [-0.1, -0.05) is 36.2 Å². The van der Waals surface area contributed by atoms with Crippen LogP contribution in [-0.4, -0.2) is 29.1 Å². The molecular weight excluding hydrogens is 458 g/mol. The van der Waals surface area contributed by atoms with E-state index >= 15 is 0 Å². The van der Waals surface area contributed by atoms with Crippen LogP contribution in [0.2, 0.25) is 0 Å². The summed E-state index contributed by atoms with van der Waals surface area (Å²) in [5.74, 6) is 1.97. The fourth-order valence-corrected chi connectivity index (χ4v) is 3.46. The molecule has 0 aliphatic carbocycles. The van der Waals surface area contributed by atoms with E-state index in [1.54, 1.807) is 19.4 Å². The Morgan fingerprint density at radius 3 is 2.71 bits per heavy atom. The minimum absolute atomic E-state index is 0.0936. The molecule has 31 heavy (non-hydrogen) atoms. The fraction of sp³-hybridized carbons (Fsp3) is 0.375. The van der Waals surface area contributed by atoms with Crippen molar-refractivity contribution in [1.82, 2.24) is 9.66 Å². The van der Waals surface area contributed by atoms with E-state index < -0.39 is 0 Å². The second kappa shape index (κ2) is 10.6. The second-order valence-corrected chi connectivity index (χ2v) is 8.32. The molecule has 2 aromatic carbocycles. The van der Waals surface area contributed by atoms with Crippen LogP contribution in [0.4, 0.5) is 0 Å². The molecule has 0 saturated carbocycles. The summed E-state index contributed by atoms with van der Waals surface area (Å²) < 4.78 is 13.6. The van der Waals surface area contributed by atoms with Gasteiger partial charge >= 0.3 is 0 Å². The van der Waals surface area contributed by atoms with Crippen molar-refractivity contribution in [2.45, 2.75) is 52.6 Å². The zero-order valence-electron chi connectivity index (χ0n) is 18.4. The normalized spacial score (nSPS) is 12.4. The first-order valence-electron chi connectivity index (χ1n) is 10.6. The number of methoxy groups -OCH3 is 1. The van der Waals surface area contributed by atoms with Crippen LogP contribution in [0.3, 0.4) is 0 Å². The standard InChI is InChI=1S/C24H28BrN3O3/c1-5-7-8-23-27-20-11-10-18(25)14-19(20)24(29)28(23)26-15-17-9-12-21(22(13-17)30-4)31-16(3)6-2/h9-16H,5-8H2,1-4H3/t16-/m0/s1. The predicted molar refractivity (Wildman–Crippen MR) is 129 cm³/mol. The van der Waals surface area contributed by atoms with Crippen molar-refractivity contribution in [3.8, 4) is 11.5 Å². The molecule has 0 fully saturated rings. The summed E-state index contributed by atoms with van der Waals surface area (Å²) >= 11 is 3.43. The van der Waals surface area contributed by atoms with Gasteiger partial charge in [0.05, 0.1) is 30.3 Å². The highest BCUT2D eigenvalue weighted by Crippen LogP contribution is 2.29. The molecule has 3 aromatic rings. The number of hydrogen-bond acceptors (Lipinski definition) is 5. The number of halogens is 1. The summed E-state index contributed by atoms with van der Waals surface area (Å²) in [6.45, 7) is 6.20. The molecule has 1 atom stereocenters. The Labute approximate surface area is 191 Å². The maximum Gasteiger partial charge on any atom is 0.282 e. The Bertz CT molecular complexity index is 1140. The molecule has 7 heteroatoms. The van der Waals surface area contributed by atoms with E-state index in [1.165, 1.54) is 4.68 Å². The van der Waals surface area contributed by atoms with Crippen LogP contribution >= 0.6 is 15.9 Å². The SMILES string of the molecule is CCCCc1nc2ccc(Br)cc2c(=O)n1N=Cc1ccc(O[C@@H](C)CC)c(OC)c1. The molecule has 3 rings (SSSR count). The number of aromatic nitrogens is 2. The third-order valence-corrected chi connectivity index (χ3v) is 5.54. The molecule has 0 bridgehead atoms. The van der Waals surface area contributed by atoms with Gasteiger partial charge in [-0.25, -0.2) is 4.98 Å². The summed E-state index contributed by atoms with van der Waals surface area (Å²) in [6, 6.07) is 11.1. The summed E-state index contributed by atoms with van der Waals surface area (Å²) in [5, 5.41) is 5.03. The summed E-state index contributed by atoms with van der Waals surface area (Å²) in [4.78, 5) is 17.9. The Balaban J connectivity index is 2.01. The molecule has 1 aromatic heterocycles. The number of fused-ring (bicyclic) bond motifs is 1. The second-order valence-electron chi connectivity index (χ2n) is 7.40. The van der Waals surface area contributed by atoms with Crippen LogP contribution in [0.5, 0.6) is 11.5 Å². The van der Waals surface area contributed by atoms with Gasteiger partial charge in [0.2, 0.25) is 0 Å². The van der Waals surface area contributed by atoms with Gasteiger partial charge in [-0.2, -0.15) is 9.78 Å². The fourth-order valence-electron chi connectivity index (χ4n) is 3.10. The quantitative estimate of drug-likeness (QED) is 0.371. The minimum Gasteiger partial charge on any atom is -0.493 e. The summed E-state index contributed by atoms with van der Waals surface area (Å²) in [5.41, 5.74) is 1.30. The monoisotopic (exact) mass is 485 g/mol. The first kappa shape index (κ1) is 23.0. The molecule has 164 valence electrons. The Morgan fingerprint density at radius 1 is 1.19 bits per heavy atom. The Morgan fingerprint density at radius 2 is 2.00 bits per heavy atom. The molecule has 0 aliphatic rings. The van der Waals surface area contributed by atoms with Crippen LogP contribution in [0.15, 0.2) is 50.8 Å². The molecule has 0 N–H and O–H groups in total. The topological polar surface area (TPSA) is 65.7 Å². The summed E-state index contributed by atoms with van der Waals surface area (Å²) in [7, 11) is 1.61. The van der Waals surface area contributed by atoms with Crippen LogP contribution < -0.4 is 15.0 Å². The average Bonchev–Trinajstić information content (AvgIpc) is 2.78. The molecular formula is C24H28BrN3O3. The maximum atomic E-state index is 13.2. The molecule has 0 aliphatic heterocycles. The molecule has 0 spiro atoms. The molecule has 0 unspecified atom stereocenters. The van der Waals surface area contributed by atoms with Gasteiger partial charge in [0.1, 0.15) is 5.82 Å². The van der Waals surface area contributed by atoms with E-state index in [0.29, 0.717) is 34.6 Å².